The molecule has 6 atom stereocenters. The zero-order chi connectivity index (χ0) is 30.5. The summed E-state index contributed by atoms with van der Waals surface area (Å²) in [6, 6.07) is 18.2. The lowest BCUT2D eigenvalue weighted by Crippen LogP contribution is -2.52. The minimum absolute atomic E-state index is 0.0355. The van der Waals surface area contributed by atoms with Crippen LogP contribution < -0.4 is 10.6 Å². The van der Waals surface area contributed by atoms with E-state index < -0.39 is 5.79 Å². The highest BCUT2D eigenvalue weighted by molar-refractivity contribution is 5.89. The Hall–Kier alpha value is -2.70. The molecule has 1 heterocycles. The average molecular weight is 601 g/mol. The smallest absolute Gasteiger partial charge is 0.319 e. The summed E-state index contributed by atoms with van der Waals surface area (Å²) in [6.45, 7) is 8.62. The molecule has 236 valence electrons. The second kappa shape index (κ2) is 11.6. The molecule has 6 unspecified atom stereocenters. The number of para-hydroxylation sites is 1. The Morgan fingerprint density at radius 1 is 0.932 bits per heavy atom. The largest absolute Gasteiger partial charge is 0.349 e. The lowest BCUT2D eigenvalue weighted by molar-refractivity contribution is -0.312. The highest BCUT2D eigenvalue weighted by atomic mass is 19.1. The van der Waals surface area contributed by atoms with Crippen molar-refractivity contribution in [2.75, 3.05) is 25.2 Å². The predicted molar refractivity (Wildman–Crippen MR) is 172 cm³/mol. The van der Waals surface area contributed by atoms with Gasteiger partial charge in [0.05, 0.1) is 19.9 Å². The van der Waals surface area contributed by atoms with Crippen LogP contribution in [0.4, 0.5) is 14.9 Å². The molecular weight excluding hydrogens is 551 g/mol. The number of amides is 2. The number of benzene rings is 2. The summed E-state index contributed by atoms with van der Waals surface area (Å²) in [5, 5.41) is 5.88. The van der Waals surface area contributed by atoms with Gasteiger partial charge in [0.15, 0.2) is 5.79 Å². The summed E-state index contributed by atoms with van der Waals surface area (Å²) in [5.74, 6) is 1.68. The van der Waals surface area contributed by atoms with Gasteiger partial charge >= 0.3 is 6.03 Å². The Bertz CT molecular complexity index is 1380. The van der Waals surface area contributed by atoms with Crippen LogP contribution >= 0.6 is 0 Å². The zero-order valence-electron chi connectivity index (χ0n) is 26.7. The van der Waals surface area contributed by atoms with Crippen molar-refractivity contribution in [3.63, 3.8) is 0 Å². The van der Waals surface area contributed by atoms with Crippen molar-refractivity contribution in [1.82, 2.24) is 5.32 Å². The van der Waals surface area contributed by atoms with Crippen LogP contribution in [0.25, 0.3) is 0 Å². The lowest BCUT2D eigenvalue weighted by Gasteiger charge is -2.55. The Morgan fingerprint density at radius 3 is 2.41 bits per heavy atom. The molecule has 1 aliphatic heterocycles. The molecule has 6 heteroatoms. The molecule has 0 radical (unpaired) electrons. The molecule has 3 saturated carbocycles. The number of hydrogen-bond acceptors (Lipinski definition) is 3. The minimum atomic E-state index is -0.427. The number of nitrogens with one attached hydrogen (secondary N) is 2. The molecule has 2 amide bonds. The highest BCUT2D eigenvalue weighted by Crippen LogP contribution is 2.66. The molecule has 4 aliphatic carbocycles. The molecule has 0 bridgehead atoms. The molecule has 1 saturated heterocycles. The standard InChI is InChI=1S/C38H49FN2O3/c1-36(2)23-43-38(44-24-36)18-17-30-27(19-38)13-15-31-33-16-14-28(21-39)37(33,3)20-32(34(30)31)26-11-9-25(10-12-26)22-40-35(42)41-29-7-5-4-6-8-29/h4-12,27-28,31-33H,13-24H2,1-3H3,(H2,40,41,42). The molecule has 2 aromatic carbocycles. The molecule has 2 aromatic rings. The van der Waals surface area contributed by atoms with Gasteiger partial charge in [-0.3, -0.25) is 4.39 Å². The van der Waals surface area contributed by atoms with Crippen molar-refractivity contribution in [2.45, 2.75) is 90.4 Å². The molecule has 4 fully saturated rings. The Labute approximate surface area is 262 Å². The Balaban J connectivity index is 1.13. The molecule has 0 aromatic heterocycles. The van der Waals surface area contributed by atoms with Crippen molar-refractivity contribution >= 4 is 11.7 Å². The maximum absolute atomic E-state index is 14.5. The van der Waals surface area contributed by atoms with Gasteiger partial charge in [-0.25, -0.2) is 4.79 Å². The molecule has 1 spiro atoms. The number of carbonyl (C=O) groups is 1. The summed E-state index contributed by atoms with van der Waals surface area (Å²) in [6.07, 6.45) is 8.53. The van der Waals surface area contributed by atoms with Crippen molar-refractivity contribution in [2.24, 2.45) is 34.5 Å². The molecular formula is C38H49FN2O3. The van der Waals surface area contributed by atoms with Crippen LogP contribution in [0.3, 0.4) is 0 Å². The second-order valence-corrected chi connectivity index (χ2v) is 15.4. The van der Waals surface area contributed by atoms with E-state index in [0.29, 0.717) is 30.2 Å². The van der Waals surface area contributed by atoms with Crippen LogP contribution in [0.1, 0.15) is 89.2 Å². The van der Waals surface area contributed by atoms with Gasteiger partial charge in [-0.1, -0.05) is 74.4 Å². The fourth-order valence-corrected chi connectivity index (χ4v) is 9.63. The number of urea groups is 1. The number of rotatable bonds is 5. The van der Waals surface area contributed by atoms with Crippen LogP contribution in [0.15, 0.2) is 65.7 Å². The van der Waals surface area contributed by atoms with Gasteiger partial charge in [0.2, 0.25) is 0 Å². The van der Waals surface area contributed by atoms with E-state index in [-0.39, 0.29) is 29.5 Å². The second-order valence-electron chi connectivity index (χ2n) is 15.4. The van der Waals surface area contributed by atoms with Crippen LogP contribution in [0.5, 0.6) is 0 Å². The van der Waals surface area contributed by atoms with E-state index in [2.05, 4.69) is 55.7 Å². The summed E-state index contributed by atoms with van der Waals surface area (Å²) < 4.78 is 27.4. The fourth-order valence-electron chi connectivity index (χ4n) is 9.63. The molecule has 5 nitrogen and oxygen atoms in total. The first-order valence-corrected chi connectivity index (χ1v) is 16.9. The molecule has 5 aliphatic rings. The Kier molecular flexibility index (Phi) is 7.89. The zero-order valence-corrected chi connectivity index (χ0v) is 26.7. The van der Waals surface area contributed by atoms with Crippen LogP contribution in [0, 0.1) is 34.5 Å². The van der Waals surface area contributed by atoms with Crippen molar-refractivity contribution in [1.29, 1.82) is 0 Å². The monoisotopic (exact) mass is 600 g/mol. The van der Waals surface area contributed by atoms with Gasteiger partial charge in [-0.05, 0) is 90.9 Å². The van der Waals surface area contributed by atoms with E-state index in [1.165, 1.54) is 18.4 Å². The van der Waals surface area contributed by atoms with E-state index in [0.717, 1.165) is 63.0 Å². The predicted octanol–water partition coefficient (Wildman–Crippen LogP) is 8.77. The van der Waals surface area contributed by atoms with Gasteiger partial charge in [0, 0.05) is 36.4 Å². The fraction of sp³-hybridized carbons (Fsp3) is 0.605. The van der Waals surface area contributed by atoms with Crippen LogP contribution in [0.2, 0.25) is 0 Å². The first kappa shape index (κ1) is 30.0. The van der Waals surface area contributed by atoms with Crippen LogP contribution in [-0.2, 0) is 16.0 Å². The SMILES string of the molecule is CC1(C)COC2(CCC3=C4C(c5ccc(CNC(=O)Nc6ccccc6)cc5)CC5(C)C(CF)CCC5C4CCC3C2)OC1. The summed E-state index contributed by atoms with van der Waals surface area (Å²) in [5.41, 5.74) is 6.65. The van der Waals surface area contributed by atoms with E-state index in [1.54, 1.807) is 11.1 Å². The Morgan fingerprint density at radius 2 is 1.68 bits per heavy atom. The maximum atomic E-state index is 14.5. The van der Waals surface area contributed by atoms with E-state index in [4.69, 9.17) is 9.47 Å². The third kappa shape index (κ3) is 5.51. The van der Waals surface area contributed by atoms with Crippen molar-refractivity contribution in [3.05, 3.63) is 76.9 Å². The number of ether oxygens (including phenoxy) is 2. The van der Waals surface area contributed by atoms with Gasteiger partial charge < -0.3 is 20.1 Å². The summed E-state index contributed by atoms with van der Waals surface area (Å²) in [4.78, 5) is 12.5. The number of halogens is 1. The quantitative estimate of drug-likeness (QED) is 0.337. The average Bonchev–Trinajstić information content (AvgIpc) is 3.38. The third-order valence-electron chi connectivity index (χ3n) is 12.0. The normalized spacial score (nSPS) is 33.7. The maximum Gasteiger partial charge on any atom is 0.319 e. The number of allylic oxidation sites excluding steroid dienone is 2. The lowest BCUT2D eigenvalue weighted by atomic mass is 9.51. The van der Waals surface area contributed by atoms with Crippen molar-refractivity contribution < 1.29 is 18.7 Å². The van der Waals surface area contributed by atoms with Gasteiger partial charge in [-0.2, -0.15) is 0 Å². The third-order valence-corrected chi connectivity index (χ3v) is 12.0. The number of alkyl halides is 1. The van der Waals surface area contributed by atoms with Gasteiger partial charge in [0.25, 0.3) is 0 Å². The first-order valence-electron chi connectivity index (χ1n) is 16.9. The first-order chi connectivity index (χ1) is 21.2. The topological polar surface area (TPSA) is 59.6 Å². The number of fused-ring (bicyclic) bond motifs is 4. The molecule has 7 rings (SSSR count). The van der Waals surface area contributed by atoms with Gasteiger partial charge in [0.1, 0.15) is 0 Å². The minimum Gasteiger partial charge on any atom is -0.349 e. The number of anilines is 1. The number of carbonyl (C=O) groups excluding carboxylic acids is 1. The highest BCUT2D eigenvalue weighted by Gasteiger charge is 2.58. The van der Waals surface area contributed by atoms with Crippen molar-refractivity contribution in [3.8, 4) is 0 Å². The van der Waals surface area contributed by atoms with E-state index in [9.17, 15) is 9.18 Å². The molecule has 44 heavy (non-hydrogen) atoms. The molecule has 2 N–H and O–H groups in total. The van der Waals surface area contributed by atoms with Crippen LogP contribution in [-0.4, -0.2) is 31.7 Å². The van der Waals surface area contributed by atoms with Gasteiger partial charge in [-0.15, -0.1) is 0 Å². The summed E-state index contributed by atoms with van der Waals surface area (Å²) in [7, 11) is 0. The van der Waals surface area contributed by atoms with E-state index >= 15 is 0 Å². The summed E-state index contributed by atoms with van der Waals surface area (Å²) >= 11 is 0. The van der Waals surface area contributed by atoms with E-state index in [1.807, 2.05) is 30.3 Å². The number of hydrogen-bond donors (Lipinski definition) is 2.